The third-order valence-electron chi connectivity index (χ3n) is 5.75. The van der Waals surface area contributed by atoms with Crippen molar-refractivity contribution in [3.8, 4) is 0 Å². The van der Waals surface area contributed by atoms with Crippen LogP contribution < -0.4 is 16.2 Å². The number of pyridine rings is 1. The van der Waals surface area contributed by atoms with Crippen molar-refractivity contribution in [1.29, 1.82) is 0 Å². The molecule has 1 aliphatic rings. The molecule has 0 atom stereocenters. The zero-order chi connectivity index (χ0) is 24.1. The van der Waals surface area contributed by atoms with Crippen molar-refractivity contribution >= 4 is 29.2 Å². The number of nitrogens with zero attached hydrogens (tertiary/aromatic N) is 2. The second kappa shape index (κ2) is 10.5. The maximum atomic E-state index is 13.0. The van der Waals surface area contributed by atoms with Gasteiger partial charge in [-0.15, -0.1) is 0 Å². The van der Waals surface area contributed by atoms with E-state index in [-0.39, 0.29) is 35.9 Å². The van der Waals surface area contributed by atoms with Crippen molar-refractivity contribution in [3.05, 3.63) is 99.2 Å². The Morgan fingerprint density at radius 3 is 2.41 bits per heavy atom. The van der Waals surface area contributed by atoms with Gasteiger partial charge in [-0.2, -0.15) is 0 Å². The first-order valence-electron chi connectivity index (χ1n) is 11.0. The maximum absolute atomic E-state index is 13.0. The fraction of sp³-hybridized carbons (Fsp3) is 0.240. The Labute approximate surface area is 201 Å². The Hall–Kier alpha value is -3.65. The van der Waals surface area contributed by atoms with Crippen LogP contribution >= 0.6 is 11.6 Å². The molecule has 1 saturated heterocycles. The first kappa shape index (κ1) is 23.5. The minimum absolute atomic E-state index is 0.0846. The average Bonchev–Trinajstić information content (AvgIpc) is 2.83. The summed E-state index contributed by atoms with van der Waals surface area (Å²) in [5.41, 5.74) is 1.50. The van der Waals surface area contributed by atoms with Crippen LogP contribution in [0.2, 0.25) is 5.02 Å². The predicted molar refractivity (Wildman–Crippen MR) is 129 cm³/mol. The van der Waals surface area contributed by atoms with E-state index in [0.717, 1.165) is 5.56 Å². The minimum Gasteiger partial charge on any atom is -0.338 e. The zero-order valence-electron chi connectivity index (χ0n) is 18.3. The molecule has 1 aromatic heterocycles. The number of hydrogen-bond donors (Lipinski definition) is 2. The molecule has 2 N–H and O–H groups in total. The second-order valence-electron chi connectivity index (χ2n) is 8.15. The van der Waals surface area contributed by atoms with Gasteiger partial charge < -0.3 is 20.1 Å². The topological polar surface area (TPSA) is 83.4 Å². The van der Waals surface area contributed by atoms with Crippen LogP contribution in [0.15, 0.2) is 71.7 Å². The summed E-state index contributed by atoms with van der Waals surface area (Å²) in [4.78, 5) is 39.3. The van der Waals surface area contributed by atoms with Crippen LogP contribution in [0.3, 0.4) is 0 Å². The average molecular weight is 483 g/mol. The second-order valence-corrected chi connectivity index (χ2v) is 8.55. The lowest BCUT2D eigenvalue weighted by Gasteiger charge is -2.32. The van der Waals surface area contributed by atoms with E-state index in [9.17, 15) is 18.8 Å². The van der Waals surface area contributed by atoms with Crippen LogP contribution in [-0.4, -0.2) is 40.5 Å². The first-order chi connectivity index (χ1) is 16.4. The van der Waals surface area contributed by atoms with Gasteiger partial charge in [0.2, 0.25) is 0 Å². The number of halogens is 2. The number of anilines is 1. The molecule has 0 saturated carbocycles. The van der Waals surface area contributed by atoms with Gasteiger partial charge in [-0.25, -0.2) is 9.18 Å². The summed E-state index contributed by atoms with van der Waals surface area (Å²) >= 11 is 6.21. The number of nitrogens with one attached hydrogen (secondary N) is 2. The van der Waals surface area contributed by atoms with Gasteiger partial charge in [-0.3, -0.25) is 9.59 Å². The molecule has 1 aliphatic heterocycles. The van der Waals surface area contributed by atoms with Crippen molar-refractivity contribution in [2.24, 2.45) is 0 Å². The quantitative estimate of drug-likeness (QED) is 0.574. The molecule has 0 bridgehead atoms. The van der Waals surface area contributed by atoms with E-state index in [2.05, 4.69) is 10.6 Å². The molecule has 9 heteroatoms. The minimum atomic E-state index is -0.373. The number of piperidine rings is 1. The molecule has 7 nitrogen and oxygen atoms in total. The van der Waals surface area contributed by atoms with Gasteiger partial charge >= 0.3 is 6.03 Å². The van der Waals surface area contributed by atoms with Gasteiger partial charge in [0.05, 0.1) is 12.1 Å². The van der Waals surface area contributed by atoms with Crippen LogP contribution in [0.5, 0.6) is 0 Å². The van der Waals surface area contributed by atoms with Gasteiger partial charge in [-0.05, 0) is 54.8 Å². The summed E-state index contributed by atoms with van der Waals surface area (Å²) in [5, 5.41) is 6.12. The highest BCUT2D eigenvalue weighted by Crippen LogP contribution is 2.17. The van der Waals surface area contributed by atoms with Crippen LogP contribution in [0, 0.1) is 5.82 Å². The number of benzene rings is 2. The molecular weight excluding hydrogens is 459 g/mol. The molecule has 3 amide bonds. The number of rotatable bonds is 5. The van der Waals surface area contributed by atoms with Crippen molar-refractivity contribution in [3.63, 3.8) is 0 Å². The van der Waals surface area contributed by atoms with Crippen LogP contribution in [0.4, 0.5) is 14.9 Å². The van der Waals surface area contributed by atoms with Gasteiger partial charge in [0, 0.05) is 42.1 Å². The smallest absolute Gasteiger partial charge is 0.319 e. The molecule has 3 aromatic rings. The van der Waals surface area contributed by atoms with Crippen LogP contribution in [0.1, 0.15) is 28.8 Å². The van der Waals surface area contributed by atoms with Gasteiger partial charge in [0.25, 0.3) is 11.5 Å². The molecule has 1 fully saturated rings. The molecule has 0 radical (unpaired) electrons. The number of carbonyl (C=O) groups is 2. The summed E-state index contributed by atoms with van der Waals surface area (Å²) in [6.45, 7) is 1.22. The number of likely N-dealkylation sites (tertiary alicyclic amines) is 1. The standard InChI is InChI=1S/C25H24ClFN4O3/c26-22-4-2-1-3-17(22)15-31-16-18(5-10-23(31)32)24(33)30-13-11-21(12-14-30)29-25(34)28-20-8-6-19(27)7-9-20/h1-10,16,21H,11-15H2,(H2,28,29,34). The Morgan fingerprint density at radius 2 is 1.71 bits per heavy atom. The van der Waals surface area contributed by atoms with Crippen molar-refractivity contribution in [2.75, 3.05) is 18.4 Å². The lowest BCUT2D eigenvalue weighted by Crippen LogP contribution is -2.47. The number of hydrogen-bond acceptors (Lipinski definition) is 3. The molecule has 0 aliphatic carbocycles. The molecule has 0 unspecified atom stereocenters. The van der Waals surface area contributed by atoms with E-state index >= 15 is 0 Å². The molecule has 2 aromatic carbocycles. The SMILES string of the molecule is O=C(Nc1ccc(F)cc1)NC1CCN(C(=O)c2ccc(=O)n(Cc3ccccc3Cl)c2)CC1. The third-order valence-corrected chi connectivity index (χ3v) is 6.12. The monoisotopic (exact) mass is 482 g/mol. The molecule has 176 valence electrons. The highest BCUT2D eigenvalue weighted by molar-refractivity contribution is 6.31. The van der Waals surface area contributed by atoms with Crippen LogP contribution in [-0.2, 0) is 6.54 Å². The summed E-state index contributed by atoms with van der Waals surface area (Å²) in [5.74, 6) is -0.538. The Bertz CT molecular complexity index is 1240. The van der Waals surface area contributed by atoms with Crippen LogP contribution in [0.25, 0.3) is 0 Å². The third kappa shape index (κ3) is 5.82. The Kier molecular flexibility index (Phi) is 7.27. The summed E-state index contributed by atoms with van der Waals surface area (Å²) in [7, 11) is 0. The summed E-state index contributed by atoms with van der Waals surface area (Å²) in [6, 6.07) is 15.3. The van der Waals surface area contributed by atoms with Crippen molar-refractivity contribution in [1.82, 2.24) is 14.8 Å². The normalized spacial score (nSPS) is 14.0. The van der Waals surface area contributed by atoms with E-state index in [0.29, 0.717) is 42.2 Å². The van der Waals surface area contributed by atoms with E-state index in [1.807, 2.05) is 18.2 Å². The lowest BCUT2D eigenvalue weighted by atomic mass is 10.0. The Morgan fingerprint density at radius 1 is 1.00 bits per heavy atom. The van der Waals surface area contributed by atoms with E-state index in [1.54, 1.807) is 17.2 Å². The largest absolute Gasteiger partial charge is 0.338 e. The Balaban J connectivity index is 1.33. The molecular formula is C25H24ClFN4O3. The van der Waals surface area contributed by atoms with Gasteiger partial charge in [0.15, 0.2) is 0 Å². The molecule has 4 rings (SSSR count). The molecule has 2 heterocycles. The fourth-order valence-electron chi connectivity index (χ4n) is 3.89. The fourth-order valence-corrected chi connectivity index (χ4v) is 4.08. The number of aromatic nitrogens is 1. The van der Waals surface area contributed by atoms with E-state index in [4.69, 9.17) is 11.6 Å². The predicted octanol–water partition coefficient (Wildman–Crippen LogP) is 4.12. The number of carbonyl (C=O) groups excluding carboxylic acids is 2. The zero-order valence-corrected chi connectivity index (χ0v) is 19.1. The summed E-state index contributed by atoms with van der Waals surface area (Å²) < 4.78 is 14.5. The first-order valence-corrected chi connectivity index (χ1v) is 11.3. The summed E-state index contributed by atoms with van der Waals surface area (Å²) in [6.07, 6.45) is 2.76. The van der Waals surface area contributed by atoms with Gasteiger partial charge in [0.1, 0.15) is 5.82 Å². The maximum Gasteiger partial charge on any atom is 0.319 e. The molecule has 0 spiro atoms. The number of amides is 3. The number of urea groups is 1. The van der Waals surface area contributed by atoms with E-state index < -0.39 is 0 Å². The lowest BCUT2D eigenvalue weighted by molar-refractivity contribution is 0.0708. The van der Waals surface area contributed by atoms with Crippen molar-refractivity contribution < 1.29 is 14.0 Å². The molecule has 34 heavy (non-hydrogen) atoms. The van der Waals surface area contributed by atoms with Gasteiger partial charge in [-0.1, -0.05) is 29.8 Å². The van der Waals surface area contributed by atoms with E-state index in [1.165, 1.54) is 41.0 Å². The van der Waals surface area contributed by atoms with Crippen molar-refractivity contribution in [2.45, 2.75) is 25.4 Å². The highest BCUT2D eigenvalue weighted by atomic mass is 35.5. The highest BCUT2D eigenvalue weighted by Gasteiger charge is 2.25.